The van der Waals surface area contributed by atoms with Gasteiger partial charge in [0.25, 0.3) is 5.56 Å². The maximum Gasteiger partial charge on any atom is 0.281 e. The average Bonchev–Trinajstić information content (AvgIpc) is 2.86. The zero-order valence-corrected chi connectivity index (χ0v) is 15.1. The topological polar surface area (TPSA) is 83.0 Å². The first kappa shape index (κ1) is 15.5. The van der Waals surface area contributed by atoms with Gasteiger partial charge in [0.05, 0.1) is 28.8 Å². The van der Waals surface area contributed by atoms with Crippen molar-refractivity contribution < 1.29 is 4.74 Å². The fourth-order valence-corrected chi connectivity index (χ4v) is 4.56. The number of hydrogen-bond donors (Lipinski definition) is 1. The van der Waals surface area contributed by atoms with Gasteiger partial charge in [-0.1, -0.05) is 6.92 Å². The number of nitrogens with two attached hydrogens (primary N) is 1. The molecule has 0 saturated heterocycles. The average molecular weight is 344 g/mol. The van der Waals surface area contributed by atoms with E-state index in [1.165, 1.54) is 10.4 Å². The summed E-state index contributed by atoms with van der Waals surface area (Å²) >= 11 is 1.64. The number of nitrogen functional groups attached to an aromatic ring is 1. The summed E-state index contributed by atoms with van der Waals surface area (Å²) in [6.45, 7) is 8.54. The lowest BCUT2D eigenvalue weighted by Crippen LogP contribution is -2.32. The van der Waals surface area contributed by atoms with Crippen molar-refractivity contribution in [3.05, 3.63) is 32.3 Å². The van der Waals surface area contributed by atoms with E-state index in [0.717, 1.165) is 26.8 Å². The van der Waals surface area contributed by atoms with Crippen molar-refractivity contribution in [1.82, 2.24) is 14.6 Å². The minimum atomic E-state index is -0.228. The van der Waals surface area contributed by atoms with Gasteiger partial charge in [0, 0.05) is 23.1 Å². The molecule has 1 aliphatic rings. The van der Waals surface area contributed by atoms with Gasteiger partial charge in [-0.15, -0.1) is 11.3 Å². The molecule has 0 saturated carbocycles. The second-order valence-corrected chi connectivity index (χ2v) is 7.97. The standard InChI is InChI=1S/C17H20N4O2S/c1-5-11-20-14-12(16(22)21(11)18)8(2)19-15-13(14)9-6-17(3,4)23-7-10(9)24-15/h5-7,18H2,1-4H3. The summed E-state index contributed by atoms with van der Waals surface area (Å²) in [5.74, 6) is 6.51. The van der Waals surface area contributed by atoms with Crippen molar-refractivity contribution in [3.8, 4) is 0 Å². The Morgan fingerprint density at radius 1 is 1.33 bits per heavy atom. The van der Waals surface area contributed by atoms with Crippen LogP contribution < -0.4 is 11.4 Å². The molecule has 0 unspecified atom stereocenters. The van der Waals surface area contributed by atoms with Gasteiger partial charge < -0.3 is 10.6 Å². The van der Waals surface area contributed by atoms with E-state index in [1.54, 1.807) is 11.3 Å². The van der Waals surface area contributed by atoms with E-state index < -0.39 is 0 Å². The fourth-order valence-electron chi connectivity index (χ4n) is 3.40. The van der Waals surface area contributed by atoms with Gasteiger partial charge in [0.2, 0.25) is 0 Å². The molecule has 6 nitrogen and oxygen atoms in total. The van der Waals surface area contributed by atoms with E-state index in [2.05, 4.69) is 18.8 Å². The molecule has 2 N–H and O–H groups in total. The number of aryl methyl sites for hydroxylation is 2. The molecule has 3 aromatic heterocycles. The first-order valence-electron chi connectivity index (χ1n) is 8.08. The zero-order valence-electron chi connectivity index (χ0n) is 14.3. The Bertz CT molecular complexity index is 1050. The molecule has 0 amide bonds. The third-order valence-corrected chi connectivity index (χ3v) is 5.74. The Morgan fingerprint density at radius 2 is 2.08 bits per heavy atom. The summed E-state index contributed by atoms with van der Waals surface area (Å²) in [7, 11) is 0. The summed E-state index contributed by atoms with van der Waals surface area (Å²) in [6.07, 6.45) is 1.39. The van der Waals surface area contributed by atoms with E-state index in [-0.39, 0.29) is 11.2 Å². The van der Waals surface area contributed by atoms with Crippen molar-refractivity contribution in [2.24, 2.45) is 0 Å². The quantitative estimate of drug-likeness (QED) is 0.686. The first-order chi connectivity index (χ1) is 11.3. The number of hydrogen-bond acceptors (Lipinski definition) is 6. The molecular formula is C17H20N4O2S. The zero-order chi connectivity index (χ0) is 17.2. The number of ether oxygens (including phenoxy) is 1. The minimum absolute atomic E-state index is 0.227. The normalized spacial score (nSPS) is 16.7. The van der Waals surface area contributed by atoms with Gasteiger partial charge in [-0.3, -0.25) is 4.79 Å². The van der Waals surface area contributed by atoms with E-state index in [4.69, 9.17) is 15.6 Å². The van der Waals surface area contributed by atoms with Crippen LogP contribution in [0.5, 0.6) is 0 Å². The molecule has 0 spiro atoms. The highest BCUT2D eigenvalue weighted by atomic mass is 32.1. The number of aromatic nitrogens is 3. The monoisotopic (exact) mass is 344 g/mol. The molecular weight excluding hydrogens is 324 g/mol. The van der Waals surface area contributed by atoms with Gasteiger partial charge in [0.15, 0.2) is 0 Å². The molecule has 7 heteroatoms. The summed E-state index contributed by atoms with van der Waals surface area (Å²) in [5, 5.41) is 1.52. The lowest BCUT2D eigenvalue weighted by Gasteiger charge is -2.30. The fraction of sp³-hybridized carbons (Fsp3) is 0.471. The minimum Gasteiger partial charge on any atom is -0.370 e. The van der Waals surface area contributed by atoms with Crippen LogP contribution in [0, 0.1) is 6.92 Å². The van der Waals surface area contributed by atoms with Gasteiger partial charge in [0.1, 0.15) is 10.7 Å². The van der Waals surface area contributed by atoms with Crippen molar-refractivity contribution in [2.45, 2.75) is 52.7 Å². The number of pyridine rings is 1. The Balaban J connectivity index is 2.19. The van der Waals surface area contributed by atoms with Gasteiger partial charge >= 0.3 is 0 Å². The Morgan fingerprint density at radius 3 is 2.79 bits per heavy atom. The van der Waals surface area contributed by atoms with Crippen molar-refractivity contribution in [1.29, 1.82) is 0 Å². The smallest absolute Gasteiger partial charge is 0.281 e. The molecule has 0 atom stereocenters. The van der Waals surface area contributed by atoms with Crippen LogP contribution >= 0.6 is 11.3 Å². The van der Waals surface area contributed by atoms with Crippen LogP contribution in [0.1, 0.15) is 42.7 Å². The molecule has 4 rings (SSSR count). The number of rotatable bonds is 1. The maximum atomic E-state index is 12.7. The Kier molecular flexibility index (Phi) is 3.24. The van der Waals surface area contributed by atoms with Gasteiger partial charge in [-0.25, -0.2) is 14.6 Å². The van der Waals surface area contributed by atoms with Crippen LogP contribution in [0.4, 0.5) is 0 Å². The molecule has 126 valence electrons. The first-order valence-corrected chi connectivity index (χ1v) is 8.89. The van der Waals surface area contributed by atoms with Crippen molar-refractivity contribution in [3.63, 3.8) is 0 Å². The predicted octanol–water partition coefficient (Wildman–Crippen LogP) is 2.44. The largest absolute Gasteiger partial charge is 0.370 e. The van der Waals surface area contributed by atoms with Crippen LogP contribution in [0.15, 0.2) is 4.79 Å². The Hall–Kier alpha value is -1.99. The molecule has 0 aliphatic carbocycles. The highest BCUT2D eigenvalue weighted by molar-refractivity contribution is 7.19. The number of nitrogens with zero attached hydrogens (tertiary/aromatic N) is 3. The highest BCUT2D eigenvalue weighted by Crippen LogP contribution is 2.40. The Labute approximate surface area is 143 Å². The molecule has 4 heterocycles. The highest BCUT2D eigenvalue weighted by Gasteiger charge is 2.31. The van der Waals surface area contributed by atoms with Gasteiger partial charge in [-0.05, 0) is 26.3 Å². The number of fused-ring (bicyclic) bond motifs is 5. The van der Waals surface area contributed by atoms with Gasteiger partial charge in [-0.2, -0.15) is 0 Å². The molecule has 0 fully saturated rings. The van der Waals surface area contributed by atoms with E-state index >= 15 is 0 Å². The second-order valence-electron chi connectivity index (χ2n) is 6.89. The third-order valence-electron chi connectivity index (χ3n) is 4.64. The molecule has 1 aliphatic heterocycles. The molecule has 0 aromatic carbocycles. The van der Waals surface area contributed by atoms with Crippen LogP contribution in [0.2, 0.25) is 0 Å². The van der Waals surface area contributed by atoms with E-state index in [1.807, 2.05) is 13.8 Å². The maximum absolute atomic E-state index is 12.7. The molecule has 3 aromatic rings. The van der Waals surface area contributed by atoms with E-state index in [9.17, 15) is 4.79 Å². The second kappa shape index (κ2) is 5.00. The van der Waals surface area contributed by atoms with E-state index in [0.29, 0.717) is 29.9 Å². The number of thiophene rings is 1. The third kappa shape index (κ3) is 2.08. The lowest BCUT2D eigenvalue weighted by atomic mass is 9.93. The predicted molar refractivity (Wildman–Crippen MR) is 96.0 cm³/mol. The molecule has 0 bridgehead atoms. The molecule has 24 heavy (non-hydrogen) atoms. The SMILES string of the molecule is CCc1nc2c(c(C)nc3sc4c(c32)CC(C)(C)OC4)c(=O)n1N. The van der Waals surface area contributed by atoms with Crippen LogP contribution in [-0.4, -0.2) is 20.2 Å². The van der Waals surface area contributed by atoms with Crippen LogP contribution in [-0.2, 0) is 24.2 Å². The molecule has 0 radical (unpaired) electrons. The summed E-state index contributed by atoms with van der Waals surface area (Å²) in [4.78, 5) is 24.2. The van der Waals surface area contributed by atoms with Crippen molar-refractivity contribution in [2.75, 3.05) is 5.84 Å². The summed E-state index contributed by atoms with van der Waals surface area (Å²) < 4.78 is 7.08. The van der Waals surface area contributed by atoms with Crippen LogP contribution in [0.3, 0.4) is 0 Å². The van der Waals surface area contributed by atoms with Crippen molar-refractivity contribution >= 4 is 32.5 Å². The lowest BCUT2D eigenvalue weighted by molar-refractivity contribution is -0.0379. The summed E-state index contributed by atoms with van der Waals surface area (Å²) in [5.41, 5.74) is 2.17. The van der Waals surface area contributed by atoms with Crippen LogP contribution in [0.25, 0.3) is 21.1 Å². The summed E-state index contributed by atoms with van der Waals surface area (Å²) in [6, 6.07) is 0.